The van der Waals surface area contributed by atoms with E-state index in [1.54, 1.807) is 23.7 Å². The van der Waals surface area contributed by atoms with Crippen LogP contribution in [0.3, 0.4) is 0 Å². The molecule has 1 aliphatic carbocycles. The number of hydrogen-bond donors (Lipinski definition) is 2. The number of ketones is 1. The number of aromatic nitrogens is 4. The van der Waals surface area contributed by atoms with Crippen LogP contribution in [0.1, 0.15) is 59.5 Å². The van der Waals surface area contributed by atoms with Crippen LogP contribution in [0, 0.1) is 12.8 Å². The van der Waals surface area contributed by atoms with Crippen LogP contribution < -0.4 is 5.73 Å². The van der Waals surface area contributed by atoms with Crippen LogP contribution in [0.2, 0.25) is 0 Å². The fraction of sp³-hybridized carbons (Fsp3) is 0.348. The highest BCUT2D eigenvalue weighted by atomic mass is 32.1. The molecule has 4 heterocycles. The molecule has 0 saturated heterocycles. The van der Waals surface area contributed by atoms with E-state index >= 15 is 0 Å². The molecular weight excluding hydrogens is 426 g/mol. The van der Waals surface area contributed by atoms with Gasteiger partial charge in [0, 0.05) is 28.1 Å². The van der Waals surface area contributed by atoms with Gasteiger partial charge in [0.2, 0.25) is 0 Å². The zero-order chi connectivity index (χ0) is 22.6. The fourth-order valence-corrected chi connectivity index (χ4v) is 5.61. The van der Waals surface area contributed by atoms with E-state index in [0.717, 1.165) is 21.3 Å². The van der Waals surface area contributed by atoms with Gasteiger partial charge in [0.25, 0.3) is 0 Å². The van der Waals surface area contributed by atoms with E-state index in [1.165, 1.54) is 16.3 Å². The molecular formula is C23H23N5O3S. The number of rotatable bonds is 4. The minimum atomic E-state index is -0.761. The Morgan fingerprint density at radius 1 is 1.19 bits per heavy atom. The first kappa shape index (κ1) is 20.6. The van der Waals surface area contributed by atoms with Gasteiger partial charge in [0.1, 0.15) is 5.82 Å². The SMILES string of the molecule is CC(=O)c1c(N)n2ncc(-c3cnc4cc(C)sc4c3)c2nc1[C@H]1CC[C@H](C(=O)O)CC1. The van der Waals surface area contributed by atoms with Gasteiger partial charge >= 0.3 is 5.97 Å². The summed E-state index contributed by atoms with van der Waals surface area (Å²) >= 11 is 1.68. The molecule has 0 aromatic carbocycles. The summed E-state index contributed by atoms with van der Waals surface area (Å²) in [5.41, 5.74) is 10.7. The number of carboxylic acid groups (broad SMARTS) is 1. The molecule has 1 saturated carbocycles. The lowest BCUT2D eigenvalue weighted by Gasteiger charge is -2.27. The summed E-state index contributed by atoms with van der Waals surface area (Å²) in [7, 11) is 0. The summed E-state index contributed by atoms with van der Waals surface area (Å²) in [4.78, 5) is 34.5. The van der Waals surface area contributed by atoms with Crippen LogP contribution >= 0.6 is 11.3 Å². The maximum Gasteiger partial charge on any atom is 0.306 e. The number of carboxylic acids is 1. The minimum absolute atomic E-state index is 0.0138. The molecule has 8 nitrogen and oxygen atoms in total. The van der Waals surface area contributed by atoms with Crippen molar-refractivity contribution in [2.24, 2.45) is 5.92 Å². The van der Waals surface area contributed by atoms with Crippen molar-refractivity contribution in [3.63, 3.8) is 0 Å². The van der Waals surface area contributed by atoms with Gasteiger partial charge in [0.05, 0.1) is 33.6 Å². The quantitative estimate of drug-likeness (QED) is 0.441. The van der Waals surface area contributed by atoms with E-state index in [4.69, 9.17) is 10.7 Å². The van der Waals surface area contributed by atoms with Crippen LogP contribution in [0.4, 0.5) is 5.82 Å². The summed E-state index contributed by atoms with van der Waals surface area (Å²) in [5.74, 6) is -1.01. The smallest absolute Gasteiger partial charge is 0.306 e. The lowest BCUT2D eigenvalue weighted by Crippen LogP contribution is -2.23. The number of nitrogen functional groups attached to an aromatic ring is 1. The summed E-state index contributed by atoms with van der Waals surface area (Å²) < 4.78 is 2.60. The summed E-state index contributed by atoms with van der Waals surface area (Å²) in [6.45, 7) is 3.53. The molecule has 0 radical (unpaired) electrons. The number of anilines is 1. The maximum absolute atomic E-state index is 12.5. The largest absolute Gasteiger partial charge is 0.481 e. The van der Waals surface area contributed by atoms with Crippen molar-refractivity contribution >= 4 is 44.8 Å². The third-order valence-electron chi connectivity index (χ3n) is 6.33. The van der Waals surface area contributed by atoms with E-state index in [1.807, 2.05) is 0 Å². The number of Topliss-reactive ketones (excluding diaryl/α,β-unsaturated/α-hetero) is 1. The molecule has 1 aliphatic rings. The van der Waals surface area contributed by atoms with Crippen LogP contribution in [-0.4, -0.2) is 36.4 Å². The van der Waals surface area contributed by atoms with Gasteiger partial charge in [-0.1, -0.05) is 0 Å². The van der Waals surface area contributed by atoms with Crippen molar-refractivity contribution < 1.29 is 14.7 Å². The van der Waals surface area contributed by atoms with Crippen molar-refractivity contribution in [1.29, 1.82) is 0 Å². The number of carbonyl (C=O) groups excluding carboxylic acids is 1. The molecule has 0 atom stereocenters. The third-order valence-corrected chi connectivity index (χ3v) is 7.32. The minimum Gasteiger partial charge on any atom is -0.481 e. The van der Waals surface area contributed by atoms with E-state index in [9.17, 15) is 14.7 Å². The van der Waals surface area contributed by atoms with Crippen molar-refractivity contribution in [3.8, 4) is 11.1 Å². The van der Waals surface area contributed by atoms with Crippen molar-refractivity contribution in [1.82, 2.24) is 19.6 Å². The maximum atomic E-state index is 12.5. The van der Waals surface area contributed by atoms with E-state index in [-0.39, 0.29) is 23.4 Å². The van der Waals surface area contributed by atoms with Crippen LogP contribution in [0.15, 0.2) is 24.5 Å². The number of fused-ring (bicyclic) bond motifs is 2. The number of nitrogens with zero attached hydrogens (tertiary/aromatic N) is 4. The van der Waals surface area contributed by atoms with Gasteiger partial charge in [-0.15, -0.1) is 11.3 Å². The van der Waals surface area contributed by atoms with E-state index in [2.05, 4.69) is 29.1 Å². The molecule has 4 aromatic rings. The Morgan fingerprint density at radius 2 is 1.94 bits per heavy atom. The molecule has 0 bridgehead atoms. The summed E-state index contributed by atoms with van der Waals surface area (Å²) in [6.07, 6.45) is 5.96. The van der Waals surface area contributed by atoms with Crippen LogP contribution in [0.5, 0.6) is 0 Å². The summed E-state index contributed by atoms with van der Waals surface area (Å²) in [5, 5.41) is 13.7. The molecule has 4 aromatic heterocycles. The zero-order valence-corrected chi connectivity index (χ0v) is 18.6. The summed E-state index contributed by atoms with van der Waals surface area (Å²) in [6, 6.07) is 4.13. The van der Waals surface area contributed by atoms with E-state index < -0.39 is 5.97 Å². The number of aryl methyl sites for hydroxylation is 1. The van der Waals surface area contributed by atoms with Gasteiger partial charge in [-0.3, -0.25) is 14.6 Å². The first-order chi connectivity index (χ1) is 15.3. The second-order valence-corrected chi connectivity index (χ2v) is 9.75. The number of hydrogen-bond acceptors (Lipinski definition) is 7. The van der Waals surface area contributed by atoms with Gasteiger partial charge in [-0.2, -0.15) is 9.61 Å². The highest BCUT2D eigenvalue weighted by molar-refractivity contribution is 7.18. The van der Waals surface area contributed by atoms with Gasteiger partial charge in [0.15, 0.2) is 11.4 Å². The Kier molecular flexibility index (Phi) is 4.93. The molecule has 1 fully saturated rings. The van der Waals surface area contributed by atoms with Crippen molar-refractivity contribution in [2.75, 3.05) is 5.73 Å². The molecule has 5 rings (SSSR count). The lowest BCUT2D eigenvalue weighted by atomic mass is 9.79. The average Bonchev–Trinajstić information content (AvgIpc) is 3.35. The molecule has 0 aliphatic heterocycles. The first-order valence-electron chi connectivity index (χ1n) is 10.6. The monoisotopic (exact) mass is 449 g/mol. The average molecular weight is 450 g/mol. The second-order valence-electron chi connectivity index (χ2n) is 8.46. The van der Waals surface area contributed by atoms with Crippen LogP contribution in [0.25, 0.3) is 27.0 Å². The topological polar surface area (TPSA) is 123 Å². The molecule has 9 heteroatoms. The molecule has 0 spiro atoms. The molecule has 3 N–H and O–H groups in total. The number of pyridine rings is 1. The van der Waals surface area contributed by atoms with Crippen molar-refractivity contribution in [2.45, 2.75) is 45.4 Å². The second kappa shape index (κ2) is 7.67. The van der Waals surface area contributed by atoms with Gasteiger partial charge in [-0.05, 0) is 51.7 Å². The number of aliphatic carboxylic acids is 1. The number of thiophene rings is 1. The normalized spacial score (nSPS) is 18.9. The first-order valence-corrected chi connectivity index (χ1v) is 11.4. The predicted octanol–water partition coefficient (Wildman–Crippen LogP) is 4.46. The van der Waals surface area contributed by atoms with Gasteiger partial charge in [-0.25, -0.2) is 4.98 Å². The highest BCUT2D eigenvalue weighted by Crippen LogP contribution is 2.39. The molecule has 0 amide bonds. The van der Waals surface area contributed by atoms with Gasteiger partial charge < -0.3 is 10.8 Å². The Bertz CT molecular complexity index is 1380. The standard InChI is InChI=1S/C23H23N5O3S/c1-11-7-17-18(32-11)8-15(9-25-17)16-10-26-28-21(24)19(12(2)29)20(27-22(16)28)13-3-5-14(6-4-13)23(30)31/h7-10,13-14H,3-6,24H2,1-2H3,(H,30,31)/t13-,14-. The van der Waals surface area contributed by atoms with Crippen molar-refractivity contribution in [3.05, 3.63) is 40.7 Å². The predicted molar refractivity (Wildman–Crippen MR) is 123 cm³/mol. The molecule has 32 heavy (non-hydrogen) atoms. The number of nitrogens with two attached hydrogens (primary N) is 1. The number of carbonyl (C=O) groups is 2. The Morgan fingerprint density at radius 3 is 2.62 bits per heavy atom. The third kappa shape index (κ3) is 3.33. The van der Waals surface area contributed by atoms with Crippen LogP contribution in [-0.2, 0) is 4.79 Å². The van der Waals surface area contributed by atoms with E-state index in [0.29, 0.717) is 42.6 Å². The molecule has 0 unspecified atom stereocenters. The molecule has 164 valence electrons. The lowest BCUT2D eigenvalue weighted by molar-refractivity contribution is -0.142. The zero-order valence-electron chi connectivity index (χ0n) is 17.8. The highest BCUT2D eigenvalue weighted by Gasteiger charge is 2.31. The fourth-order valence-electron chi connectivity index (χ4n) is 4.69. The Labute approximate surface area is 188 Å². The Hall–Kier alpha value is -3.33. The Balaban J connectivity index is 1.64.